The third kappa shape index (κ3) is 4.47. The minimum absolute atomic E-state index is 0.0533. The number of nitrogens with one attached hydrogen (secondary N) is 1. The normalized spacial score (nSPS) is 11.8. The minimum Gasteiger partial charge on any atom is -0.497 e. The van der Waals surface area contributed by atoms with E-state index in [1.807, 2.05) is 61.5 Å². The van der Waals surface area contributed by atoms with E-state index in [4.69, 9.17) is 9.15 Å². The molecule has 0 aliphatic heterocycles. The van der Waals surface area contributed by atoms with E-state index in [-0.39, 0.29) is 18.4 Å². The van der Waals surface area contributed by atoms with Gasteiger partial charge in [-0.2, -0.15) is 0 Å². The van der Waals surface area contributed by atoms with Gasteiger partial charge in [0, 0.05) is 12.0 Å². The number of nitrogens with zero attached hydrogens (tertiary/aromatic N) is 2. The quantitative estimate of drug-likeness (QED) is 0.704. The van der Waals surface area contributed by atoms with E-state index in [1.54, 1.807) is 7.11 Å². The highest BCUT2D eigenvalue weighted by Crippen LogP contribution is 2.22. The largest absolute Gasteiger partial charge is 0.497 e. The summed E-state index contributed by atoms with van der Waals surface area (Å²) >= 11 is 0. The fourth-order valence-electron chi connectivity index (χ4n) is 2.62. The van der Waals surface area contributed by atoms with E-state index in [2.05, 4.69) is 15.5 Å². The number of carbonyl (C=O) groups excluding carboxylic acids is 1. The van der Waals surface area contributed by atoms with Crippen LogP contribution in [0.15, 0.2) is 59.0 Å². The summed E-state index contributed by atoms with van der Waals surface area (Å²) in [7, 11) is 1.60. The smallest absolute Gasteiger partial charge is 0.247 e. The Morgan fingerprint density at radius 1 is 1.15 bits per heavy atom. The van der Waals surface area contributed by atoms with Crippen LogP contribution in [-0.4, -0.2) is 23.2 Å². The van der Waals surface area contributed by atoms with Gasteiger partial charge in [-0.25, -0.2) is 0 Å². The van der Waals surface area contributed by atoms with Gasteiger partial charge in [0.2, 0.25) is 17.7 Å². The molecular formula is C20H21N3O3. The van der Waals surface area contributed by atoms with Gasteiger partial charge in [-0.15, -0.1) is 10.2 Å². The minimum atomic E-state index is -0.0533. The number of ether oxygens (including phenoxy) is 1. The Morgan fingerprint density at radius 2 is 1.96 bits per heavy atom. The van der Waals surface area contributed by atoms with Crippen molar-refractivity contribution < 1.29 is 13.9 Å². The van der Waals surface area contributed by atoms with Gasteiger partial charge in [0.05, 0.1) is 13.7 Å². The Morgan fingerprint density at radius 3 is 2.73 bits per heavy atom. The molecule has 0 saturated carbocycles. The molecule has 1 atom stereocenters. The zero-order valence-electron chi connectivity index (χ0n) is 14.8. The van der Waals surface area contributed by atoms with Crippen LogP contribution >= 0.6 is 0 Å². The molecule has 0 bridgehead atoms. The number of carbonyl (C=O) groups is 1. The summed E-state index contributed by atoms with van der Waals surface area (Å²) in [6.45, 7) is 2.24. The molecule has 0 saturated heterocycles. The molecule has 2 aromatic carbocycles. The van der Waals surface area contributed by atoms with Crippen LogP contribution in [0, 0.1) is 0 Å². The maximum Gasteiger partial charge on any atom is 0.247 e. The number of benzene rings is 2. The van der Waals surface area contributed by atoms with Crippen LogP contribution in [0.4, 0.5) is 0 Å². The van der Waals surface area contributed by atoms with E-state index in [0.29, 0.717) is 24.0 Å². The molecule has 1 amide bonds. The van der Waals surface area contributed by atoms with Gasteiger partial charge in [0.15, 0.2) is 0 Å². The second-order valence-corrected chi connectivity index (χ2v) is 6.03. The number of aromatic nitrogens is 2. The molecular weight excluding hydrogens is 330 g/mol. The molecule has 0 spiro atoms. The molecule has 26 heavy (non-hydrogen) atoms. The molecule has 1 unspecified atom stereocenters. The van der Waals surface area contributed by atoms with Crippen molar-refractivity contribution in [2.75, 3.05) is 7.11 Å². The first kappa shape index (κ1) is 17.7. The lowest BCUT2D eigenvalue weighted by molar-refractivity contribution is -0.121. The summed E-state index contributed by atoms with van der Waals surface area (Å²) in [6, 6.07) is 17.3. The number of rotatable bonds is 7. The van der Waals surface area contributed by atoms with Gasteiger partial charge < -0.3 is 14.5 Å². The molecule has 0 fully saturated rings. The highest BCUT2D eigenvalue weighted by molar-refractivity contribution is 5.76. The molecule has 0 aliphatic carbocycles. The molecule has 6 heteroatoms. The van der Waals surface area contributed by atoms with Gasteiger partial charge in [-0.05, 0) is 29.7 Å². The highest BCUT2D eigenvalue weighted by atomic mass is 16.5. The Labute approximate surface area is 152 Å². The van der Waals surface area contributed by atoms with Crippen LogP contribution in [0.3, 0.4) is 0 Å². The standard InChI is InChI=1S/C20H21N3O3/c1-14(15-7-4-3-5-8-15)11-18(24)21-13-19-22-23-20(26-19)16-9-6-10-17(12-16)25-2/h3-10,12,14H,11,13H2,1-2H3,(H,21,24). The van der Waals surface area contributed by atoms with E-state index in [9.17, 15) is 4.79 Å². The molecule has 1 heterocycles. The Bertz CT molecular complexity index is 862. The van der Waals surface area contributed by atoms with Crippen molar-refractivity contribution in [2.45, 2.75) is 25.8 Å². The summed E-state index contributed by atoms with van der Waals surface area (Å²) in [5.74, 6) is 1.56. The molecule has 3 aromatic rings. The molecule has 1 aromatic heterocycles. The first-order valence-electron chi connectivity index (χ1n) is 8.44. The fourth-order valence-corrected chi connectivity index (χ4v) is 2.62. The van der Waals surface area contributed by atoms with Crippen LogP contribution in [0.5, 0.6) is 5.75 Å². The lowest BCUT2D eigenvalue weighted by atomic mass is 9.98. The molecule has 6 nitrogen and oxygen atoms in total. The van der Waals surface area contributed by atoms with Gasteiger partial charge in [0.1, 0.15) is 5.75 Å². The average Bonchev–Trinajstić information content (AvgIpc) is 3.16. The van der Waals surface area contributed by atoms with Crippen LogP contribution in [-0.2, 0) is 11.3 Å². The van der Waals surface area contributed by atoms with Crippen LogP contribution in [0.2, 0.25) is 0 Å². The Balaban J connectivity index is 1.55. The fraction of sp³-hybridized carbons (Fsp3) is 0.250. The molecule has 134 valence electrons. The number of amides is 1. The molecule has 0 aliphatic rings. The SMILES string of the molecule is COc1cccc(-c2nnc(CNC(=O)CC(C)c3ccccc3)o2)c1. The summed E-state index contributed by atoms with van der Waals surface area (Å²) in [5, 5.41) is 10.8. The van der Waals surface area contributed by atoms with Crippen molar-refractivity contribution in [3.8, 4) is 17.2 Å². The van der Waals surface area contributed by atoms with Gasteiger partial charge in [-0.1, -0.05) is 43.3 Å². The van der Waals surface area contributed by atoms with E-state index >= 15 is 0 Å². The number of methoxy groups -OCH3 is 1. The Hall–Kier alpha value is -3.15. The summed E-state index contributed by atoms with van der Waals surface area (Å²) in [5.41, 5.74) is 1.91. The second kappa shape index (κ2) is 8.29. The maximum atomic E-state index is 12.1. The zero-order chi connectivity index (χ0) is 18.4. The number of hydrogen-bond acceptors (Lipinski definition) is 5. The maximum absolute atomic E-state index is 12.1. The highest BCUT2D eigenvalue weighted by Gasteiger charge is 2.13. The van der Waals surface area contributed by atoms with Crippen molar-refractivity contribution in [2.24, 2.45) is 0 Å². The second-order valence-electron chi connectivity index (χ2n) is 6.03. The summed E-state index contributed by atoms with van der Waals surface area (Å²) in [4.78, 5) is 12.1. The molecule has 3 rings (SSSR count). The molecule has 1 N–H and O–H groups in total. The lowest BCUT2D eigenvalue weighted by Gasteiger charge is -2.11. The first-order valence-corrected chi connectivity index (χ1v) is 8.44. The third-order valence-electron chi connectivity index (χ3n) is 4.08. The molecule has 0 radical (unpaired) electrons. The predicted octanol–water partition coefficient (Wildman–Crippen LogP) is 3.56. The van der Waals surface area contributed by atoms with Gasteiger partial charge >= 0.3 is 0 Å². The van der Waals surface area contributed by atoms with E-state index in [0.717, 1.165) is 11.1 Å². The van der Waals surface area contributed by atoms with Crippen LogP contribution in [0.25, 0.3) is 11.5 Å². The van der Waals surface area contributed by atoms with Crippen molar-refractivity contribution in [3.63, 3.8) is 0 Å². The lowest BCUT2D eigenvalue weighted by Crippen LogP contribution is -2.24. The van der Waals surface area contributed by atoms with E-state index in [1.165, 1.54) is 0 Å². The van der Waals surface area contributed by atoms with Crippen molar-refractivity contribution >= 4 is 5.91 Å². The van der Waals surface area contributed by atoms with Gasteiger partial charge in [0.25, 0.3) is 0 Å². The third-order valence-corrected chi connectivity index (χ3v) is 4.08. The topological polar surface area (TPSA) is 77.3 Å². The average molecular weight is 351 g/mol. The number of hydrogen-bond donors (Lipinski definition) is 1. The predicted molar refractivity (Wildman–Crippen MR) is 97.6 cm³/mol. The van der Waals surface area contributed by atoms with Crippen LogP contribution in [0.1, 0.15) is 30.7 Å². The van der Waals surface area contributed by atoms with Crippen molar-refractivity contribution in [1.82, 2.24) is 15.5 Å². The Kier molecular flexibility index (Phi) is 5.63. The first-order chi connectivity index (χ1) is 12.7. The van der Waals surface area contributed by atoms with Crippen molar-refractivity contribution in [3.05, 3.63) is 66.1 Å². The van der Waals surface area contributed by atoms with Crippen LogP contribution < -0.4 is 10.1 Å². The monoisotopic (exact) mass is 351 g/mol. The van der Waals surface area contributed by atoms with Crippen molar-refractivity contribution in [1.29, 1.82) is 0 Å². The zero-order valence-corrected chi connectivity index (χ0v) is 14.8. The van der Waals surface area contributed by atoms with Gasteiger partial charge in [-0.3, -0.25) is 4.79 Å². The summed E-state index contributed by atoms with van der Waals surface area (Å²) < 4.78 is 10.8. The summed E-state index contributed by atoms with van der Waals surface area (Å²) in [6.07, 6.45) is 0.404. The van der Waals surface area contributed by atoms with E-state index < -0.39 is 0 Å².